The molecule has 0 spiro atoms. The minimum atomic E-state index is 0.654. The minimum absolute atomic E-state index is 0.654. The minimum Gasteiger partial charge on any atom is -0.363 e. The highest BCUT2D eigenvalue weighted by molar-refractivity contribution is 7.11. The molecular weight excluding hydrogens is 258 g/mol. The summed E-state index contributed by atoms with van der Waals surface area (Å²) in [7, 11) is 0. The SMILES string of the molecule is CCc1cnc(CNc2ccc3nccnc3n2)s1. The van der Waals surface area contributed by atoms with Gasteiger partial charge in [0.25, 0.3) is 0 Å². The van der Waals surface area contributed by atoms with Crippen molar-refractivity contribution < 1.29 is 0 Å². The van der Waals surface area contributed by atoms with Crippen LogP contribution in [0.1, 0.15) is 16.8 Å². The lowest BCUT2D eigenvalue weighted by molar-refractivity contribution is 1.07. The van der Waals surface area contributed by atoms with Crippen molar-refractivity contribution in [2.24, 2.45) is 0 Å². The van der Waals surface area contributed by atoms with E-state index in [1.807, 2.05) is 18.3 Å². The average molecular weight is 271 g/mol. The molecule has 6 heteroatoms. The number of hydrogen-bond acceptors (Lipinski definition) is 6. The van der Waals surface area contributed by atoms with E-state index in [1.165, 1.54) is 4.88 Å². The maximum absolute atomic E-state index is 4.41. The van der Waals surface area contributed by atoms with E-state index in [9.17, 15) is 0 Å². The van der Waals surface area contributed by atoms with Crippen molar-refractivity contribution in [3.8, 4) is 0 Å². The van der Waals surface area contributed by atoms with Crippen LogP contribution in [0.25, 0.3) is 11.2 Å². The number of aryl methyl sites for hydroxylation is 1. The quantitative estimate of drug-likeness (QED) is 0.790. The molecule has 0 unspecified atom stereocenters. The van der Waals surface area contributed by atoms with Gasteiger partial charge in [0.1, 0.15) is 16.3 Å². The van der Waals surface area contributed by atoms with Crippen molar-refractivity contribution in [3.05, 3.63) is 40.6 Å². The zero-order chi connectivity index (χ0) is 13.1. The van der Waals surface area contributed by atoms with E-state index in [1.54, 1.807) is 23.7 Å². The summed E-state index contributed by atoms with van der Waals surface area (Å²) in [5.74, 6) is 0.793. The van der Waals surface area contributed by atoms with Gasteiger partial charge < -0.3 is 5.32 Å². The molecule has 0 radical (unpaired) electrons. The Balaban J connectivity index is 1.74. The van der Waals surface area contributed by atoms with Gasteiger partial charge in [-0.25, -0.2) is 15.0 Å². The second kappa shape index (κ2) is 5.27. The molecule has 0 bridgehead atoms. The predicted molar refractivity (Wildman–Crippen MR) is 76.2 cm³/mol. The van der Waals surface area contributed by atoms with E-state index < -0.39 is 0 Å². The Hall–Kier alpha value is -2.08. The van der Waals surface area contributed by atoms with Crippen LogP contribution >= 0.6 is 11.3 Å². The molecule has 0 aliphatic rings. The van der Waals surface area contributed by atoms with Gasteiger partial charge in [0.05, 0.1) is 6.54 Å². The lowest BCUT2D eigenvalue weighted by Crippen LogP contribution is -2.01. The number of nitrogens with zero attached hydrogens (tertiary/aromatic N) is 4. The molecule has 0 saturated heterocycles. The third-order valence-corrected chi connectivity index (χ3v) is 3.84. The van der Waals surface area contributed by atoms with E-state index in [0.717, 1.165) is 22.8 Å². The largest absolute Gasteiger partial charge is 0.363 e. The van der Waals surface area contributed by atoms with Crippen molar-refractivity contribution in [3.63, 3.8) is 0 Å². The highest BCUT2D eigenvalue weighted by atomic mass is 32.1. The molecule has 3 rings (SSSR count). The summed E-state index contributed by atoms with van der Waals surface area (Å²) < 4.78 is 0. The van der Waals surface area contributed by atoms with Gasteiger partial charge in [0, 0.05) is 23.5 Å². The van der Waals surface area contributed by atoms with Gasteiger partial charge >= 0.3 is 0 Å². The summed E-state index contributed by atoms with van der Waals surface area (Å²) in [5, 5.41) is 4.33. The molecule has 0 saturated carbocycles. The van der Waals surface area contributed by atoms with Crippen LogP contribution in [0.15, 0.2) is 30.7 Å². The second-order valence-corrected chi connectivity index (χ2v) is 5.22. The van der Waals surface area contributed by atoms with Gasteiger partial charge in [-0.15, -0.1) is 11.3 Å². The molecule has 19 heavy (non-hydrogen) atoms. The fraction of sp³-hybridized carbons (Fsp3) is 0.231. The van der Waals surface area contributed by atoms with Crippen LogP contribution in [0.2, 0.25) is 0 Å². The standard InChI is InChI=1S/C13H13N5S/c1-2-9-7-17-12(19-9)8-16-11-4-3-10-13(18-11)15-6-5-14-10/h3-7H,2,8H2,1H3,(H,15,16,18). The summed E-state index contributed by atoms with van der Waals surface area (Å²) in [6.45, 7) is 2.82. The van der Waals surface area contributed by atoms with Gasteiger partial charge in [-0.2, -0.15) is 0 Å². The van der Waals surface area contributed by atoms with Crippen molar-refractivity contribution >= 4 is 28.3 Å². The zero-order valence-electron chi connectivity index (χ0n) is 10.5. The molecule has 3 aromatic rings. The van der Waals surface area contributed by atoms with Crippen LogP contribution < -0.4 is 5.32 Å². The molecule has 3 aromatic heterocycles. The first-order valence-corrected chi connectivity index (χ1v) is 6.92. The molecule has 5 nitrogen and oxygen atoms in total. The van der Waals surface area contributed by atoms with Crippen molar-refractivity contribution in [2.75, 3.05) is 5.32 Å². The van der Waals surface area contributed by atoms with E-state index in [-0.39, 0.29) is 0 Å². The lowest BCUT2D eigenvalue weighted by Gasteiger charge is -2.03. The van der Waals surface area contributed by atoms with Gasteiger partial charge in [-0.05, 0) is 18.6 Å². The van der Waals surface area contributed by atoms with Crippen LogP contribution in [0.5, 0.6) is 0 Å². The predicted octanol–water partition coefficient (Wildman–Crippen LogP) is 2.66. The number of rotatable bonds is 4. The van der Waals surface area contributed by atoms with E-state index in [0.29, 0.717) is 12.2 Å². The Bertz CT molecular complexity index is 694. The molecule has 1 N–H and O–H groups in total. The zero-order valence-corrected chi connectivity index (χ0v) is 11.3. The van der Waals surface area contributed by atoms with Crippen molar-refractivity contribution in [1.82, 2.24) is 19.9 Å². The van der Waals surface area contributed by atoms with Crippen LogP contribution in [0.4, 0.5) is 5.82 Å². The first kappa shape index (κ1) is 12.0. The first-order chi connectivity index (χ1) is 9.35. The molecule has 96 valence electrons. The van der Waals surface area contributed by atoms with Crippen LogP contribution in [0, 0.1) is 0 Å². The monoisotopic (exact) mass is 271 g/mol. The Kier molecular flexibility index (Phi) is 3.33. The average Bonchev–Trinajstić information content (AvgIpc) is 2.93. The van der Waals surface area contributed by atoms with Crippen LogP contribution in [0.3, 0.4) is 0 Å². The number of pyridine rings is 1. The summed E-state index contributed by atoms with van der Waals surface area (Å²) in [4.78, 5) is 18.5. The molecule has 0 aliphatic carbocycles. The number of hydrogen-bond donors (Lipinski definition) is 1. The second-order valence-electron chi connectivity index (χ2n) is 4.02. The fourth-order valence-corrected chi connectivity index (χ4v) is 2.51. The van der Waals surface area contributed by atoms with Crippen molar-refractivity contribution in [1.29, 1.82) is 0 Å². The molecule has 3 heterocycles. The maximum atomic E-state index is 4.41. The number of fused-ring (bicyclic) bond motifs is 1. The van der Waals surface area contributed by atoms with Gasteiger partial charge in [0.15, 0.2) is 5.65 Å². The Morgan fingerprint density at radius 2 is 2.05 bits per heavy atom. The maximum Gasteiger partial charge on any atom is 0.180 e. The molecule has 0 fully saturated rings. The van der Waals surface area contributed by atoms with Crippen molar-refractivity contribution in [2.45, 2.75) is 19.9 Å². The Morgan fingerprint density at radius 1 is 1.16 bits per heavy atom. The van der Waals surface area contributed by atoms with Crippen LogP contribution in [-0.4, -0.2) is 19.9 Å². The summed E-state index contributed by atoms with van der Waals surface area (Å²) in [6.07, 6.45) is 6.27. The molecule has 0 aliphatic heterocycles. The van der Waals surface area contributed by atoms with Crippen LogP contribution in [-0.2, 0) is 13.0 Å². The van der Waals surface area contributed by atoms with Gasteiger partial charge in [-0.1, -0.05) is 6.92 Å². The van der Waals surface area contributed by atoms with Gasteiger partial charge in [0.2, 0.25) is 0 Å². The highest BCUT2D eigenvalue weighted by Crippen LogP contribution is 2.15. The third kappa shape index (κ3) is 2.68. The number of thiazole rings is 1. The van der Waals surface area contributed by atoms with E-state index in [2.05, 4.69) is 32.2 Å². The lowest BCUT2D eigenvalue weighted by atomic mass is 10.4. The number of aromatic nitrogens is 4. The first-order valence-electron chi connectivity index (χ1n) is 6.10. The van der Waals surface area contributed by atoms with E-state index >= 15 is 0 Å². The molecule has 0 aromatic carbocycles. The Morgan fingerprint density at radius 3 is 2.89 bits per heavy atom. The molecular formula is C13H13N5S. The van der Waals surface area contributed by atoms with E-state index in [4.69, 9.17) is 0 Å². The topological polar surface area (TPSA) is 63.6 Å². The molecule has 0 amide bonds. The fourth-order valence-electron chi connectivity index (χ4n) is 1.71. The summed E-state index contributed by atoms with van der Waals surface area (Å²) >= 11 is 1.73. The normalized spacial score (nSPS) is 10.8. The molecule has 0 atom stereocenters. The third-order valence-electron chi connectivity index (χ3n) is 2.70. The summed E-state index contributed by atoms with van der Waals surface area (Å²) in [6, 6.07) is 3.82. The summed E-state index contributed by atoms with van der Waals surface area (Å²) in [5.41, 5.74) is 1.46. The smallest absolute Gasteiger partial charge is 0.180 e. The highest BCUT2D eigenvalue weighted by Gasteiger charge is 2.02. The number of nitrogens with one attached hydrogen (secondary N) is 1. The van der Waals surface area contributed by atoms with Gasteiger partial charge in [-0.3, -0.25) is 4.98 Å². The Labute approximate surface area is 114 Å². The number of anilines is 1.